The Morgan fingerprint density at radius 3 is 2.60 bits per heavy atom. The first-order valence-electron chi connectivity index (χ1n) is 7.17. The summed E-state index contributed by atoms with van der Waals surface area (Å²) in [6.45, 7) is 11.2. The molecule has 0 aliphatic carbocycles. The van der Waals surface area contributed by atoms with Crippen molar-refractivity contribution in [2.45, 2.75) is 46.2 Å². The summed E-state index contributed by atoms with van der Waals surface area (Å²) in [7, 11) is 0. The average Bonchev–Trinajstić information content (AvgIpc) is 2.36. The van der Waals surface area contributed by atoms with Crippen LogP contribution in [0.1, 0.15) is 39.7 Å². The molecule has 0 saturated carbocycles. The maximum absolute atomic E-state index is 6.28. The third-order valence-electron chi connectivity index (χ3n) is 2.77. The van der Waals surface area contributed by atoms with Crippen LogP contribution in [0.3, 0.4) is 0 Å². The molecule has 0 fully saturated rings. The van der Waals surface area contributed by atoms with Crippen molar-refractivity contribution >= 4 is 11.6 Å². The number of ether oxygens (including phenoxy) is 2. The largest absolute Gasteiger partial charge is 0.493 e. The summed E-state index contributed by atoms with van der Waals surface area (Å²) < 4.78 is 11.1. The minimum Gasteiger partial charge on any atom is -0.493 e. The first-order chi connectivity index (χ1) is 9.44. The monoisotopic (exact) mass is 299 g/mol. The van der Waals surface area contributed by atoms with Gasteiger partial charge in [0.05, 0.1) is 6.61 Å². The van der Waals surface area contributed by atoms with Gasteiger partial charge < -0.3 is 14.8 Å². The van der Waals surface area contributed by atoms with E-state index in [1.807, 2.05) is 25.1 Å². The van der Waals surface area contributed by atoms with Crippen molar-refractivity contribution < 1.29 is 9.47 Å². The molecule has 0 amide bonds. The molecule has 4 heteroatoms. The van der Waals surface area contributed by atoms with Crippen molar-refractivity contribution in [1.82, 2.24) is 5.32 Å². The highest BCUT2D eigenvalue weighted by Gasteiger charge is 2.13. The quantitative estimate of drug-likeness (QED) is 0.735. The molecular weight excluding hydrogens is 274 g/mol. The van der Waals surface area contributed by atoms with Crippen LogP contribution >= 0.6 is 11.6 Å². The fourth-order valence-electron chi connectivity index (χ4n) is 1.69. The van der Waals surface area contributed by atoms with E-state index in [4.69, 9.17) is 21.1 Å². The highest BCUT2D eigenvalue weighted by molar-refractivity contribution is 6.31. The van der Waals surface area contributed by atoms with Crippen molar-refractivity contribution in [3.63, 3.8) is 0 Å². The summed E-state index contributed by atoms with van der Waals surface area (Å²) in [5, 5.41) is 4.18. The second-order valence-corrected chi connectivity index (χ2v) is 6.13. The van der Waals surface area contributed by atoms with Gasteiger partial charge in [0, 0.05) is 42.3 Å². The number of hydrogen-bond donors (Lipinski definition) is 1. The van der Waals surface area contributed by atoms with Crippen molar-refractivity contribution in [2.75, 3.05) is 19.8 Å². The SMILES string of the molecule is CCOCCCOc1cccc(Cl)c1CNC(C)(C)C. The fraction of sp³-hybridized carbons (Fsp3) is 0.625. The zero-order valence-electron chi connectivity index (χ0n) is 13.0. The van der Waals surface area contributed by atoms with Gasteiger partial charge >= 0.3 is 0 Å². The number of benzene rings is 1. The van der Waals surface area contributed by atoms with Gasteiger partial charge in [-0.05, 0) is 39.8 Å². The topological polar surface area (TPSA) is 30.5 Å². The van der Waals surface area contributed by atoms with E-state index in [0.29, 0.717) is 13.2 Å². The first kappa shape index (κ1) is 17.3. The van der Waals surface area contributed by atoms with Gasteiger partial charge in [-0.25, -0.2) is 0 Å². The van der Waals surface area contributed by atoms with E-state index in [0.717, 1.165) is 36.0 Å². The van der Waals surface area contributed by atoms with Gasteiger partial charge in [0.1, 0.15) is 5.75 Å². The third-order valence-corrected chi connectivity index (χ3v) is 3.12. The van der Waals surface area contributed by atoms with Crippen LogP contribution in [0.25, 0.3) is 0 Å². The zero-order chi connectivity index (χ0) is 15.0. The Kier molecular flexibility index (Phi) is 7.35. The predicted octanol–water partition coefficient (Wildman–Crippen LogP) is 4.03. The lowest BCUT2D eigenvalue weighted by atomic mass is 10.1. The molecule has 0 unspecified atom stereocenters. The molecule has 114 valence electrons. The van der Waals surface area contributed by atoms with E-state index >= 15 is 0 Å². The van der Waals surface area contributed by atoms with Crippen molar-refractivity contribution in [3.05, 3.63) is 28.8 Å². The summed E-state index contributed by atoms with van der Waals surface area (Å²) in [6, 6.07) is 5.78. The molecule has 1 aromatic rings. The van der Waals surface area contributed by atoms with Gasteiger partial charge in [-0.1, -0.05) is 17.7 Å². The summed E-state index contributed by atoms with van der Waals surface area (Å²) in [5.41, 5.74) is 1.06. The van der Waals surface area contributed by atoms with E-state index in [-0.39, 0.29) is 5.54 Å². The Balaban J connectivity index is 2.58. The second kappa shape index (κ2) is 8.50. The normalized spacial score (nSPS) is 11.7. The Bertz CT molecular complexity index is 402. The standard InChI is InChI=1S/C16H26ClNO2/c1-5-19-10-7-11-20-15-9-6-8-14(17)13(15)12-18-16(2,3)4/h6,8-9,18H,5,7,10-12H2,1-4H3. The Morgan fingerprint density at radius 2 is 1.95 bits per heavy atom. The Labute approximate surface area is 127 Å². The molecular formula is C16H26ClNO2. The maximum Gasteiger partial charge on any atom is 0.125 e. The number of halogens is 1. The van der Waals surface area contributed by atoms with Crippen LogP contribution in [0, 0.1) is 0 Å². The van der Waals surface area contributed by atoms with E-state index in [9.17, 15) is 0 Å². The van der Waals surface area contributed by atoms with Gasteiger partial charge in [0.25, 0.3) is 0 Å². The van der Waals surface area contributed by atoms with Crippen LogP contribution in [-0.4, -0.2) is 25.4 Å². The van der Waals surface area contributed by atoms with Gasteiger partial charge in [0.15, 0.2) is 0 Å². The first-order valence-corrected chi connectivity index (χ1v) is 7.55. The van der Waals surface area contributed by atoms with Crippen LogP contribution in [0.2, 0.25) is 5.02 Å². The van der Waals surface area contributed by atoms with E-state index < -0.39 is 0 Å². The van der Waals surface area contributed by atoms with Gasteiger partial charge in [0.2, 0.25) is 0 Å². The molecule has 0 heterocycles. The number of rotatable bonds is 8. The third kappa shape index (κ3) is 6.60. The predicted molar refractivity (Wildman–Crippen MR) is 84.6 cm³/mol. The number of nitrogens with one attached hydrogen (secondary N) is 1. The van der Waals surface area contributed by atoms with E-state index in [2.05, 4.69) is 26.1 Å². The molecule has 20 heavy (non-hydrogen) atoms. The summed E-state index contributed by atoms with van der Waals surface area (Å²) >= 11 is 6.28. The van der Waals surface area contributed by atoms with Crippen molar-refractivity contribution in [1.29, 1.82) is 0 Å². The molecule has 0 saturated heterocycles. The van der Waals surface area contributed by atoms with E-state index in [1.165, 1.54) is 0 Å². The zero-order valence-corrected chi connectivity index (χ0v) is 13.7. The molecule has 0 spiro atoms. The van der Waals surface area contributed by atoms with Crippen molar-refractivity contribution in [3.8, 4) is 5.75 Å². The minimum absolute atomic E-state index is 0.0470. The van der Waals surface area contributed by atoms with Gasteiger partial charge in [-0.2, -0.15) is 0 Å². The van der Waals surface area contributed by atoms with E-state index in [1.54, 1.807) is 0 Å². The van der Waals surface area contributed by atoms with Gasteiger partial charge in [-0.15, -0.1) is 0 Å². The molecule has 0 aliphatic heterocycles. The molecule has 0 radical (unpaired) electrons. The van der Waals surface area contributed by atoms with Crippen LogP contribution in [0.5, 0.6) is 5.75 Å². The molecule has 0 aromatic heterocycles. The lowest BCUT2D eigenvalue weighted by molar-refractivity contribution is 0.130. The maximum atomic E-state index is 6.28. The number of hydrogen-bond acceptors (Lipinski definition) is 3. The van der Waals surface area contributed by atoms with Gasteiger partial charge in [-0.3, -0.25) is 0 Å². The molecule has 1 rings (SSSR count). The molecule has 1 N–H and O–H groups in total. The summed E-state index contributed by atoms with van der Waals surface area (Å²) in [6.07, 6.45) is 0.881. The fourth-order valence-corrected chi connectivity index (χ4v) is 1.92. The highest BCUT2D eigenvalue weighted by Crippen LogP contribution is 2.27. The van der Waals surface area contributed by atoms with Crippen LogP contribution in [0.15, 0.2) is 18.2 Å². The minimum atomic E-state index is 0.0470. The molecule has 0 atom stereocenters. The molecule has 0 bridgehead atoms. The van der Waals surface area contributed by atoms with Crippen molar-refractivity contribution in [2.24, 2.45) is 0 Å². The smallest absolute Gasteiger partial charge is 0.125 e. The lowest BCUT2D eigenvalue weighted by Crippen LogP contribution is -2.35. The Hall–Kier alpha value is -0.770. The lowest BCUT2D eigenvalue weighted by Gasteiger charge is -2.22. The highest BCUT2D eigenvalue weighted by atomic mass is 35.5. The average molecular weight is 300 g/mol. The summed E-state index contributed by atoms with van der Waals surface area (Å²) in [4.78, 5) is 0. The van der Waals surface area contributed by atoms with Crippen LogP contribution in [0.4, 0.5) is 0 Å². The molecule has 0 aliphatic rings. The van der Waals surface area contributed by atoms with Crippen LogP contribution < -0.4 is 10.1 Å². The Morgan fingerprint density at radius 1 is 1.20 bits per heavy atom. The molecule has 1 aromatic carbocycles. The molecule has 3 nitrogen and oxygen atoms in total. The second-order valence-electron chi connectivity index (χ2n) is 5.72. The van der Waals surface area contributed by atoms with Crippen LogP contribution in [-0.2, 0) is 11.3 Å². The summed E-state index contributed by atoms with van der Waals surface area (Å²) in [5.74, 6) is 0.853.